The Morgan fingerprint density at radius 2 is 2.07 bits per heavy atom. The van der Waals surface area contributed by atoms with Crippen LogP contribution < -0.4 is 15.0 Å². The Morgan fingerprint density at radius 1 is 1.25 bits per heavy atom. The normalized spacial score (nSPS) is 11.5. The fraction of sp³-hybridized carbons (Fsp3) is 0.235. The summed E-state index contributed by atoms with van der Waals surface area (Å²) >= 11 is 3.27. The van der Waals surface area contributed by atoms with Crippen molar-refractivity contribution >= 4 is 26.0 Å². The van der Waals surface area contributed by atoms with Crippen molar-refractivity contribution in [3.05, 3.63) is 63.6 Å². The van der Waals surface area contributed by atoms with Gasteiger partial charge in [-0.2, -0.15) is 5.10 Å². The van der Waals surface area contributed by atoms with Crippen molar-refractivity contribution in [1.82, 2.24) is 24.3 Å². The highest BCUT2D eigenvalue weighted by molar-refractivity contribution is 9.10. The average molecular weight is 468 g/mol. The molecular formula is C17H18BrN5O4S. The minimum atomic E-state index is -3.84. The van der Waals surface area contributed by atoms with E-state index < -0.39 is 10.0 Å². The van der Waals surface area contributed by atoms with Crippen molar-refractivity contribution in [1.29, 1.82) is 0 Å². The molecule has 0 aliphatic carbocycles. The summed E-state index contributed by atoms with van der Waals surface area (Å²) in [6, 6.07) is 9.40. The molecule has 0 unspecified atom stereocenters. The maximum Gasteiger partial charge on any atom is 0.266 e. The number of hydrogen-bond donors (Lipinski definition) is 1. The van der Waals surface area contributed by atoms with E-state index in [1.165, 1.54) is 21.5 Å². The Labute approximate surface area is 170 Å². The molecule has 0 atom stereocenters. The number of halogens is 1. The molecule has 3 rings (SSSR count). The van der Waals surface area contributed by atoms with Gasteiger partial charge in [0, 0.05) is 29.5 Å². The standard InChI is InChI=1S/C17H18BrN5O4S/c1-2-27-14-5-4-13(18)12-15(14)28(25,26)20-9-11-23-17(24)7-6-16(21-23)22-10-3-8-19-22/h3-8,10,12,20H,2,9,11H2,1H3. The molecule has 1 N–H and O–H groups in total. The molecular weight excluding hydrogens is 450 g/mol. The van der Waals surface area contributed by atoms with Gasteiger partial charge >= 0.3 is 0 Å². The lowest BCUT2D eigenvalue weighted by Gasteiger charge is -2.13. The lowest BCUT2D eigenvalue weighted by molar-refractivity contribution is 0.331. The molecule has 0 amide bonds. The summed E-state index contributed by atoms with van der Waals surface area (Å²) in [5.74, 6) is 0.715. The van der Waals surface area contributed by atoms with E-state index >= 15 is 0 Å². The van der Waals surface area contributed by atoms with Crippen LogP contribution in [0.4, 0.5) is 0 Å². The molecule has 1 aromatic carbocycles. The van der Waals surface area contributed by atoms with Gasteiger partial charge in [-0.05, 0) is 37.3 Å². The minimum Gasteiger partial charge on any atom is -0.492 e. The molecule has 0 saturated heterocycles. The summed E-state index contributed by atoms with van der Waals surface area (Å²) in [7, 11) is -3.84. The molecule has 28 heavy (non-hydrogen) atoms. The number of hydrogen-bond acceptors (Lipinski definition) is 6. The Morgan fingerprint density at radius 3 is 2.79 bits per heavy atom. The van der Waals surface area contributed by atoms with Crippen LogP contribution in [-0.4, -0.2) is 41.1 Å². The molecule has 2 aromatic heterocycles. The quantitative estimate of drug-likeness (QED) is 0.538. The third-order valence-corrected chi connectivity index (χ3v) is 5.68. The zero-order chi connectivity index (χ0) is 20.1. The predicted molar refractivity (Wildman–Crippen MR) is 106 cm³/mol. The lowest BCUT2D eigenvalue weighted by atomic mass is 10.3. The Kier molecular flexibility index (Phi) is 6.27. The van der Waals surface area contributed by atoms with Gasteiger partial charge in [-0.3, -0.25) is 4.79 Å². The van der Waals surface area contributed by atoms with E-state index in [-0.39, 0.29) is 29.3 Å². The van der Waals surface area contributed by atoms with Crippen LogP contribution in [0.1, 0.15) is 6.92 Å². The van der Waals surface area contributed by atoms with Crippen LogP contribution in [0.3, 0.4) is 0 Å². The number of aromatic nitrogens is 4. The molecule has 148 valence electrons. The van der Waals surface area contributed by atoms with Crippen molar-refractivity contribution in [2.24, 2.45) is 0 Å². The Bertz CT molecular complexity index is 1110. The van der Waals surface area contributed by atoms with Crippen LogP contribution >= 0.6 is 15.9 Å². The van der Waals surface area contributed by atoms with Gasteiger partial charge in [0.25, 0.3) is 5.56 Å². The number of nitrogens with zero attached hydrogens (tertiary/aromatic N) is 4. The van der Waals surface area contributed by atoms with E-state index in [0.29, 0.717) is 16.9 Å². The molecule has 3 aromatic rings. The van der Waals surface area contributed by atoms with E-state index in [0.717, 1.165) is 0 Å². The number of ether oxygens (including phenoxy) is 1. The number of rotatable bonds is 8. The van der Waals surface area contributed by atoms with E-state index in [2.05, 4.69) is 30.8 Å². The van der Waals surface area contributed by atoms with Crippen molar-refractivity contribution in [2.75, 3.05) is 13.2 Å². The third-order valence-electron chi connectivity index (χ3n) is 3.70. The second-order valence-electron chi connectivity index (χ2n) is 5.63. The Hall–Kier alpha value is -2.50. The van der Waals surface area contributed by atoms with E-state index in [1.807, 2.05) is 0 Å². The molecule has 0 aliphatic heterocycles. The van der Waals surface area contributed by atoms with Crippen molar-refractivity contribution in [3.63, 3.8) is 0 Å². The minimum absolute atomic E-state index is 0.0180. The first-order valence-corrected chi connectivity index (χ1v) is 10.7. The van der Waals surface area contributed by atoms with Crippen molar-refractivity contribution < 1.29 is 13.2 Å². The predicted octanol–water partition coefficient (Wildman–Crippen LogP) is 1.57. The Balaban J connectivity index is 1.75. The number of sulfonamides is 1. The van der Waals surface area contributed by atoms with Gasteiger partial charge in [-0.25, -0.2) is 22.5 Å². The van der Waals surface area contributed by atoms with Crippen LogP contribution in [0.5, 0.6) is 5.75 Å². The highest BCUT2D eigenvalue weighted by Crippen LogP contribution is 2.27. The van der Waals surface area contributed by atoms with E-state index in [4.69, 9.17) is 4.74 Å². The van der Waals surface area contributed by atoms with Gasteiger partial charge < -0.3 is 4.74 Å². The summed E-state index contributed by atoms with van der Waals surface area (Å²) in [4.78, 5) is 12.0. The zero-order valence-electron chi connectivity index (χ0n) is 14.9. The first-order valence-electron chi connectivity index (χ1n) is 8.41. The SMILES string of the molecule is CCOc1ccc(Br)cc1S(=O)(=O)NCCn1nc(-n2cccn2)ccc1=O. The maximum absolute atomic E-state index is 12.7. The summed E-state index contributed by atoms with van der Waals surface area (Å²) in [6.07, 6.45) is 3.29. The first-order chi connectivity index (χ1) is 13.4. The topological polar surface area (TPSA) is 108 Å². The molecule has 2 heterocycles. The van der Waals surface area contributed by atoms with Crippen LogP contribution in [0.15, 0.2) is 63.0 Å². The van der Waals surface area contributed by atoms with Gasteiger partial charge in [0.15, 0.2) is 5.82 Å². The highest BCUT2D eigenvalue weighted by atomic mass is 79.9. The summed E-state index contributed by atoms with van der Waals surface area (Å²) in [5.41, 5.74) is -0.340. The second kappa shape index (κ2) is 8.67. The smallest absolute Gasteiger partial charge is 0.266 e. The molecule has 0 fully saturated rings. The lowest BCUT2D eigenvalue weighted by Crippen LogP contribution is -2.32. The first kappa shape index (κ1) is 20.2. The molecule has 0 radical (unpaired) electrons. The van der Waals surface area contributed by atoms with Crippen LogP contribution in [0.2, 0.25) is 0 Å². The van der Waals surface area contributed by atoms with E-state index in [1.54, 1.807) is 43.6 Å². The summed E-state index contributed by atoms with van der Waals surface area (Å²) in [6.45, 7) is 2.15. The van der Waals surface area contributed by atoms with Gasteiger partial charge in [0.1, 0.15) is 10.6 Å². The molecule has 0 spiro atoms. The zero-order valence-corrected chi connectivity index (χ0v) is 17.4. The van der Waals surface area contributed by atoms with Gasteiger partial charge in [0.2, 0.25) is 10.0 Å². The van der Waals surface area contributed by atoms with Crippen molar-refractivity contribution in [3.8, 4) is 11.6 Å². The molecule has 11 heteroatoms. The van der Waals surface area contributed by atoms with Gasteiger partial charge in [-0.1, -0.05) is 15.9 Å². The number of nitrogens with one attached hydrogen (secondary N) is 1. The monoisotopic (exact) mass is 467 g/mol. The molecule has 9 nitrogen and oxygen atoms in total. The van der Waals surface area contributed by atoms with E-state index in [9.17, 15) is 13.2 Å². The highest BCUT2D eigenvalue weighted by Gasteiger charge is 2.20. The third kappa shape index (κ3) is 4.66. The molecule has 0 saturated carbocycles. The largest absolute Gasteiger partial charge is 0.492 e. The number of benzene rings is 1. The fourth-order valence-electron chi connectivity index (χ4n) is 2.46. The van der Waals surface area contributed by atoms with Crippen LogP contribution in [0, 0.1) is 0 Å². The van der Waals surface area contributed by atoms with Crippen molar-refractivity contribution in [2.45, 2.75) is 18.4 Å². The van der Waals surface area contributed by atoms with Crippen LogP contribution in [-0.2, 0) is 16.6 Å². The van der Waals surface area contributed by atoms with Gasteiger partial charge in [-0.15, -0.1) is 5.10 Å². The molecule has 0 bridgehead atoms. The van der Waals surface area contributed by atoms with Gasteiger partial charge in [0.05, 0.1) is 13.2 Å². The summed E-state index contributed by atoms with van der Waals surface area (Å²) in [5, 5.41) is 8.27. The summed E-state index contributed by atoms with van der Waals surface area (Å²) < 4.78 is 36.5. The maximum atomic E-state index is 12.7. The molecule has 0 aliphatic rings. The average Bonchev–Trinajstić information content (AvgIpc) is 3.19. The fourth-order valence-corrected chi connectivity index (χ4v) is 4.16. The second-order valence-corrected chi connectivity index (χ2v) is 8.28. The van der Waals surface area contributed by atoms with Crippen LogP contribution in [0.25, 0.3) is 5.82 Å².